The average molecular weight is 303 g/mol. The van der Waals surface area contributed by atoms with Gasteiger partial charge < -0.3 is 15.1 Å². The van der Waals surface area contributed by atoms with Gasteiger partial charge in [0.2, 0.25) is 5.95 Å². The van der Waals surface area contributed by atoms with Crippen LogP contribution in [0, 0.1) is 5.41 Å². The van der Waals surface area contributed by atoms with Crippen molar-refractivity contribution < 1.29 is 4.79 Å². The number of hydrogen-bond donors (Lipinski definition) is 1. The van der Waals surface area contributed by atoms with Gasteiger partial charge in [-0.2, -0.15) is 0 Å². The van der Waals surface area contributed by atoms with Gasteiger partial charge in [0.05, 0.1) is 5.56 Å². The third kappa shape index (κ3) is 3.06. The predicted octanol–water partition coefficient (Wildman–Crippen LogP) is 1.47. The van der Waals surface area contributed by atoms with Crippen LogP contribution in [-0.2, 0) is 0 Å². The van der Waals surface area contributed by atoms with E-state index in [1.54, 1.807) is 12.4 Å². The largest absolute Gasteiger partial charge is 0.355 e. The lowest BCUT2D eigenvalue weighted by Gasteiger charge is -2.40. The number of carbonyl (C=O) groups excluding carboxylic acids is 1. The van der Waals surface area contributed by atoms with Gasteiger partial charge in [0.15, 0.2) is 0 Å². The van der Waals surface area contributed by atoms with Crippen molar-refractivity contribution in [1.82, 2.24) is 19.8 Å². The Kier molecular flexibility index (Phi) is 4.29. The van der Waals surface area contributed by atoms with Crippen molar-refractivity contribution in [3.63, 3.8) is 0 Å². The zero-order chi connectivity index (χ0) is 15.6. The van der Waals surface area contributed by atoms with E-state index in [0.717, 1.165) is 39.1 Å². The monoisotopic (exact) mass is 303 g/mol. The maximum absolute atomic E-state index is 12.7. The first-order valence-electron chi connectivity index (χ1n) is 8.16. The summed E-state index contributed by atoms with van der Waals surface area (Å²) in [6, 6.07) is 0. The minimum Gasteiger partial charge on any atom is -0.355 e. The molecule has 1 aromatic heterocycles. The summed E-state index contributed by atoms with van der Waals surface area (Å²) in [5.41, 5.74) is 0.887. The zero-order valence-corrected chi connectivity index (χ0v) is 13.5. The van der Waals surface area contributed by atoms with Crippen LogP contribution in [0.5, 0.6) is 0 Å². The minimum absolute atomic E-state index is 0.0664. The highest BCUT2D eigenvalue weighted by atomic mass is 16.2. The number of hydrogen-bond acceptors (Lipinski definition) is 5. The van der Waals surface area contributed by atoms with Crippen molar-refractivity contribution in [3.8, 4) is 0 Å². The van der Waals surface area contributed by atoms with E-state index in [9.17, 15) is 4.79 Å². The van der Waals surface area contributed by atoms with Crippen molar-refractivity contribution in [2.75, 3.05) is 45.1 Å². The highest BCUT2D eigenvalue weighted by Crippen LogP contribution is 2.38. The third-order valence-corrected chi connectivity index (χ3v) is 4.81. The lowest BCUT2D eigenvalue weighted by molar-refractivity contribution is 0.0534. The molecule has 22 heavy (non-hydrogen) atoms. The van der Waals surface area contributed by atoms with Crippen LogP contribution < -0.4 is 5.32 Å². The quantitative estimate of drug-likeness (QED) is 0.916. The van der Waals surface area contributed by atoms with Gasteiger partial charge in [-0.05, 0) is 39.8 Å². The van der Waals surface area contributed by atoms with E-state index in [2.05, 4.69) is 27.2 Å². The smallest absolute Gasteiger partial charge is 0.257 e. The van der Waals surface area contributed by atoms with Crippen LogP contribution in [0.15, 0.2) is 12.4 Å². The Morgan fingerprint density at radius 1 is 1.27 bits per heavy atom. The van der Waals surface area contributed by atoms with Crippen LogP contribution in [-0.4, -0.2) is 65.4 Å². The van der Waals surface area contributed by atoms with E-state index < -0.39 is 0 Å². The Morgan fingerprint density at radius 3 is 2.68 bits per heavy atom. The number of amides is 1. The van der Waals surface area contributed by atoms with Crippen LogP contribution in [0.2, 0.25) is 0 Å². The van der Waals surface area contributed by atoms with E-state index in [1.807, 2.05) is 11.8 Å². The van der Waals surface area contributed by atoms with Gasteiger partial charge in [0, 0.05) is 44.0 Å². The van der Waals surface area contributed by atoms with Gasteiger partial charge in [-0.3, -0.25) is 4.79 Å². The highest BCUT2D eigenvalue weighted by Gasteiger charge is 2.41. The molecule has 1 atom stereocenters. The Bertz CT molecular complexity index is 528. The zero-order valence-electron chi connectivity index (χ0n) is 13.5. The molecule has 1 unspecified atom stereocenters. The minimum atomic E-state index is 0.0664. The van der Waals surface area contributed by atoms with E-state index in [-0.39, 0.29) is 5.91 Å². The molecular formula is C16H25N5O. The van der Waals surface area contributed by atoms with Crippen LogP contribution in [0.1, 0.15) is 36.5 Å². The second-order valence-electron chi connectivity index (χ2n) is 6.64. The Labute approximate surface area is 131 Å². The number of carbonyl (C=O) groups is 1. The molecule has 1 aromatic rings. The molecule has 0 aromatic carbocycles. The second kappa shape index (κ2) is 6.20. The van der Waals surface area contributed by atoms with Crippen molar-refractivity contribution in [2.45, 2.75) is 26.2 Å². The standard InChI is InChI=1S/C16H25N5O/c1-3-17-15-18-9-13(10-19-15)14(22)21-7-4-5-16(12-21)6-8-20(2)11-16/h9-10H,3-8,11-12H2,1-2H3,(H,17,18,19). The molecule has 2 saturated heterocycles. The molecule has 120 valence electrons. The summed E-state index contributed by atoms with van der Waals surface area (Å²) in [6.45, 7) is 6.73. The molecule has 0 aliphatic carbocycles. The van der Waals surface area contributed by atoms with Crippen LogP contribution in [0.4, 0.5) is 5.95 Å². The number of rotatable bonds is 3. The van der Waals surface area contributed by atoms with E-state index >= 15 is 0 Å². The average Bonchev–Trinajstić information content (AvgIpc) is 2.88. The highest BCUT2D eigenvalue weighted by molar-refractivity contribution is 5.93. The molecule has 2 aliphatic rings. The predicted molar refractivity (Wildman–Crippen MR) is 85.9 cm³/mol. The SMILES string of the molecule is CCNc1ncc(C(=O)N2CCCC3(CCN(C)C3)C2)cn1. The fraction of sp³-hybridized carbons (Fsp3) is 0.688. The maximum Gasteiger partial charge on any atom is 0.257 e. The van der Waals surface area contributed by atoms with Gasteiger partial charge >= 0.3 is 0 Å². The van der Waals surface area contributed by atoms with E-state index in [0.29, 0.717) is 16.9 Å². The fourth-order valence-corrected chi connectivity index (χ4v) is 3.74. The molecule has 1 amide bonds. The topological polar surface area (TPSA) is 61.4 Å². The van der Waals surface area contributed by atoms with Crippen LogP contribution in [0.3, 0.4) is 0 Å². The number of aromatic nitrogens is 2. The van der Waals surface area contributed by atoms with Crippen LogP contribution >= 0.6 is 0 Å². The summed E-state index contributed by atoms with van der Waals surface area (Å²) >= 11 is 0. The number of piperidine rings is 1. The van der Waals surface area contributed by atoms with Crippen LogP contribution in [0.25, 0.3) is 0 Å². The van der Waals surface area contributed by atoms with Gasteiger partial charge in [-0.25, -0.2) is 9.97 Å². The molecule has 3 rings (SSSR count). The van der Waals surface area contributed by atoms with Crippen molar-refractivity contribution in [2.24, 2.45) is 5.41 Å². The van der Waals surface area contributed by atoms with Crippen molar-refractivity contribution >= 4 is 11.9 Å². The van der Waals surface area contributed by atoms with Crippen molar-refractivity contribution in [3.05, 3.63) is 18.0 Å². The molecule has 6 heteroatoms. The van der Waals surface area contributed by atoms with Gasteiger partial charge in [0.25, 0.3) is 5.91 Å². The Morgan fingerprint density at radius 2 is 2.05 bits per heavy atom. The summed E-state index contributed by atoms with van der Waals surface area (Å²) in [6.07, 6.45) is 6.79. The lowest BCUT2D eigenvalue weighted by atomic mass is 9.79. The summed E-state index contributed by atoms with van der Waals surface area (Å²) in [7, 11) is 2.17. The first-order chi connectivity index (χ1) is 10.6. The molecule has 1 N–H and O–H groups in total. The third-order valence-electron chi connectivity index (χ3n) is 4.81. The lowest BCUT2D eigenvalue weighted by Crippen LogP contribution is -2.47. The normalized spacial score (nSPS) is 25.6. The second-order valence-corrected chi connectivity index (χ2v) is 6.64. The van der Waals surface area contributed by atoms with Crippen molar-refractivity contribution in [1.29, 1.82) is 0 Å². The maximum atomic E-state index is 12.7. The molecule has 3 heterocycles. The number of nitrogens with one attached hydrogen (secondary N) is 1. The molecule has 0 saturated carbocycles. The number of anilines is 1. The molecule has 2 fully saturated rings. The molecule has 0 radical (unpaired) electrons. The first kappa shape index (κ1) is 15.2. The summed E-state index contributed by atoms with van der Waals surface area (Å²) in [5.74, 6) is 0.642. The first-order valence-corrected chi connectivity index (χ1v) is 8.16. The summed E-state index contributed by atoms with van der Waals surface area (Å²) in [5, 5.41) is 3.05. The molecule has 6 nitrogen and oxygen atoms in total. The molecule has 0 bridgehead atoms. The van der Waals surface area contributed by atoms with Gasteiger partial charge in [-0.1, -0.05) is 0 Å². The molecule has 1 spiro atoms. The molecular weight excluding hydrogens is 278 g/mol. The summed E-state index contributed by atoms with van der Waals surface area (Å²) in [4.78, 5) is 25.5. The van der Waals surface area contributed by atoms with Gasteiger partial charge in [0.1, 0.15) is 0 Å². The number of likely N-dealkylation sites (tertiary alicyclic amines) is 2. The molecule has 2 aliphatic heterocycles. The Hall–Kier alpha value is -1.69. The van der Waals surface area contributed by atoms with E-state index in [4.69, 9.17) is 0 Å². The van der Waals surface area contributed by atoms with E-state index in [1.165, 1.54) is 12.8 Å². The van der Waals surface area contributed by atoms with Gasteiger partial charge in [-0.15, -0.1) is 0 Å². The fourth-order valence-electron chi connectivity index (χ4n) is 3.74. The summed E-state index contributed by atoms with van der Waals surface area (Å²) < 4.78 is 0. The number of nitrogens with zero attached hydrogens (tertiary/aromatic N) is 4. The Balaban J connectivity index is 1.69.